The highest BCUT2D eigenvalue weighted by Gasteiger charge is 2.34. The van der Waals surface area contributed by atoms with E-state index in [0.717, 1.165) is 34.4 Å². The molecule has 2 aromatic carbocycles. The van der Waals surface area contributed by atoms with Gasteiger partial charge >= 0.3 is 0 Å². The maximum absolute atomic E-state index is 13.3. The molecule has 116 valence electrons. The van der Waals surface area contributed by atoms with E-state index in [9.17, 15) is 9.50 Å². The number of hydrogen-bond donors (Lipinski definition) is 1. The van der Waals surface area contributed by atoms with Gasteiger partial charge in [-0.1, -0.05) is 42.5 Å². The monoisotopic (exact) mass is 308 g/mol. The van der Waals surface area contributed by atoms with E-state index < -0.39 is 6.10 Å². The van der Waals surface area contributed by atoms with Crippen molar-refractivity contribution < 1.29 is 13.9 Å². The van der Waals surface area contributed by atoms with Crippen molar-refractivity contribution in [1.29, 1.82) is 0 Å². The lowest BCUT2D eigenvalue weighted by atomic mass is 9.77. The fourth-order valence-electron chi connectivity index (χ4n) is 3.47. The first-order valence-corrected chi connectivity index (χ1v) is 7.83. The topological polar surface area (TPSA) is 33.4 Å². The SMILES string of the molecule is O[C@@H]1CCc2coc(-c3ccccc3)c2[C@H]1c1ccc(F)cc1. The first kappa shape index (κ1) is 14.2. The van der Waals surface area contributed by atoms with Crippen molar-refractivity contribution in [3.8, 4) is 11.3 Å². The Kier molecular flexibility index (Phi) is 3.50. The number of aryl methyl sites for hydroxylation is 1. The Morgan fingerprint density at radius 3 is 2.48 bits per heavy atom. The molecule has 1 N–H and O–H groups in total. The zero-order chi connectivity index (χ0) is 15.8. The fraction of sp³-hybridized carbons (Fsp3) is 0.200. The maximum atomic E-state index is 13.3. The van der Waals surface area contributed by atoms with Crippen LogP contribution in [0.1, 0.15) is 29.0 Å². The molecule has 0 unspecified atom stereocenters. The van der Waals surface area contributed by atoms with Gasteiger partial charge in [0.15, 0.2) is 0 Å². The summed E-state index contributed by atoms with van der Waals surface area (Å²) in [5.41, 5.74) is 4.07. The van der Waals surface area contributed by atoms with Crippen LogP contribution in [0.5, 0.6) is 0 Å². The van der Waals surface area contributed by atoms with E-state index in [2.05, 4.69) is 0 Å². The molecule has 1 aromatic heterocycles. The third kappa shape index (κ3) is 2.47. The highest BCUT2D eigenvalue weighted by Crippen LogP contribution is 2.43. The van der Waals surface area contributed by atoms with Gasteiger partial charge in [-0.05, 0) is 36.1 Å². The molecule has 0 bridgehead atoms. The van der Waals surface area contributed by atoms with Crippen molar-refractivity contribution >= 4 is 0 Å². The molecular weight excluding hydrogens is 291 g/mol. The Bertz CT molecular complexity index is 805. The summed E-state index contributed by atoms with van der Waals surface area (Å²) in [7, 11) is 0. The number of rotatable bonds is 2. The molecule has 1 heterocycles. The molecule has 0 saturated carbocycles. The molecule has 0 saturated heterocycles. The molecule has 0 radical (unpaired) electrons. The van der Waals surface area contributed by atoms with E-state index in [4.69, 9.17) is 4.42 Å². The van der Waals surface area contributed by atoms with Crippen LogP contribution in [-0.2, 0) is 6.42 Å². The van der Waals surface area contributed by atoms with Crippen molar-refractivity contribution in [1.82, 2.24) is 0 Å². The van der Waals surface area contributed by atoms with Gasteiger partial charge in [0.1, 0.15) is 11.6 Å². The molecule has 4 rings (SSSR count). The van der Waals surface area contributed by atoms with Crippen molar-refractivity contribution in [2.24, 2.45) is 0 Å². The smallest absolute Gasteiger partial charge is 0.138 e. The molecule has 2 atom stereocenters. The molecular formula is C20H17FO2. The molecule has 3 heteroatoms. The Balaban J connectivity index is 1.87. The summed E-state index contributed by atoms with van der Waals surface area (Å²) in [5, 5.41) is 10.6. The molecule has 2 nitrogen and oxygen atoms in total. The minimum atomic E-state index is -0.493. The summed E-state index contributed by atoms with van der Waals surface area (Å²) in [6.07, 6.45) is 2.78. The lowest BCUT2D eigenvalue weighted by Crippen LogP contribution is -2.25. The van der Waals surface area contributed by atoms with Crippen molar-refractivity contribution in [3.05, 3.63) is 83.4 Å². The highest BCUT2D eigenvalue weighted by atomic mass is 19.1. The summed E-state index contributed by atoms with van der Waals surface area (Å²) < 4.78 is 19.1. The van der Waals surface area contributed by atoms with Crippen LogP contribution in [0.15, 0.2) is 65.3 Å². The van der Waals surface area contributed by atoms with Crippen molar-refractivity contribution in [3.63, 3.8) is 0 Å². The summed E-state index contributed by atoms with van der Waals surface area (Å²) in [6.45, 7) is 0. The van der Waals surface area contributed by atoms with E-state index in [1.807, 2.05) is 30.3 Å². The van der Waals surface area contributed by atoms with E-state index in [0.29, 0.717) is 6.42 Å². The predicted molar refractivity (Wildman–Crippen MR) is 86.7 cm³/mol. The third-order valence-corrected chi connectivity index (χ3v) is 4.58. The van der Waals surface area contributed by atoms with Crippen LogP contribution >= 0.6 is 0 Å². The molecule has 0 aliphatic heterocycles. The van der Waals surface area contributed by atoms with Crippen molar-refractivity contribution in [2.75, 3.05) is 0 Å². The maximum Gasteiger partial charge on any atom is 0.138 e. The van der Waals surface area contributed by atoms with Gasteiger partial charge in [0.2, 0.25) is 0 Å². The zero-order valence-electron chi connectivity index (χ0n) is 12.6. The first-order valence-electron chi connectivity index (χ1n) is 7.83. The molecule has 3 aromatic rings. The van der Waals surface area contributed by atoms with E-state index in [1.165, 1.54) is 12.1 Å². The Morgan fingerprint density at radius 2 is 1.74 bits per heavy atom. The van der Waals surface area contributed by atoms with Gasteiger partial charge in [0.05, 0.1) is 12.4 Å². The molecule has 23 heavy (non-hydrogen) atoms. The van der Waals surface area contributed by atoms with E-state index in [-0.39, 0.29) is 11.7 Å². The Labute approximate surface area is 134 Å². The van der Waals surface area contributed by atoms with Gasteiger partial charge in [-0.15, -0.1) is 0 Å². The average molecular weight is 308 g/mol. The molecule has 0 spiro atoms. The van der Waals surface area contributed by atoms with Crippen LogP contribution in [-0.4, -0.2) is 11.2 Å². The normalized spacial score (nSPS) is 20.3. The zero-order valence-corrected chi connectivity index (χ0v) is 12.6. The quantitative estimate of drug-likeness (QED) is 0.755. The van der Waals surface area contributed by atoms with E-state index >= 15 is 0 Å². The number of fused-ring (bicyclic) bond motifs is 1. The second-order valence-electron chi connectivity index (χ2n) is 6.01. The number of hydrogen-bond acceptors (Lipinski definition) is 2. The number of benzene rings is 2. The number of aliphatic hydroxyl groups excluding tert-OH is 1. The molecule has 0 fully saturated rings. The predicted octanol–water partition coefficient (Wildman–Crippen LogP) is 4.52. The summed E-state index contributed by atoms with van der Waals surface area (Å²) >= 11 is 0. The largest absolute Gasteiger partial charge is 0.464 e. The molecule has 0 amide bonds. The minimum Gasteiger partial charge on any atom is -0.464 e. The molecule has 1 aliphatic carbocycles. The number of halogens is 1. The molecule has 1 aliphatic rings. The lowest BCUT2D eigenvalue weighted by molar-refractivity contribution is 0.140. The van der Waals surface area contributed by atoms with Crippen LogP contribution in [0, 0.1) is 5.82 Å². The number of aliphatic hydroxyl groups is 1. The number of furan rings is 1. The van der Waals surface area contributed by atoms with Gasteiger partial charge in [0.25, 0.3) is 0 Å². The van der Waals surface area contributed by atoms with Gasteiger partial charge in [0, 0.05) is 17.0 Å². The second-order valence-corrected chi connectivity index (χ2v) is 6.01. The first-order chi connectivity index (χ1) is 11.2. The standard InChI is InChI=1S/C20H17FO2/c21-16-9-6-13(7-10-16)18-17(22)11-8-15-12-23-20(19(15)18)14-4-2-1-3-5-14/h1-7,9-10,12,17-18,22H,8,11H2/t17-,18+/m1/s1. The summed E-state index contributed by atoms with van der Waals surface area (Å²) in [6, 6.07) is 16.3. The second kappa shape index (κ2) is 5.67. The Morgan fingerprint density at radius 1 is 1.00 bits per heavy atom. The lowest BCUT2D eigenvalue weighted by Gasteiger charge is -2.29. The average Bonchev–Trinajstić information content (AvgIpc) is 3.01. The van der Waals surface area contributed by atoms with Crippen LogP contribution in [0.3, 0.4) is 0 Å². The van der Waals surface area contributed by atoms with Crippen LogP contribution < -0.4 is 0 Å². The minimum absolute atomic E-state index is 0.187. The summed E-state index contributed by atoms with van der Waals surface area (Å²) in [4.78, 5) is 0. The van der Waals surface area contributed by atoms with Gasteiger partial charge < -0.3 is 9.52 Å². The van der Waals surface area contributed by atoms with Gasteiger partial charge in [-0.25, -0.2) is 4.39 Å². The van der Waals surface area contributed by atoms with E-state index in [1.54, 1.807) is 18.4 Å². The third-order valence-electron chi connectivity index (χ3n) is 4.58. The van der Waals surface area contributed by atoms with Gasteiger partial charge in [-0.2, -0.15) is 0 Å². The van der Waals surface area contributed by atoms with Gasteiger partial charge in [-0.3, -0.25) is 0 Å². The Hall–Kier alpha value is -2.39. The van der Waals surface area contributed by atoms with Crippen LogP contribution in [0.25, 0.3) is 11.3 Å². The summed E-state index contributed by atoms with van der Waals surface area (Å²) in [5.74, 6) is 0.344. The fourth-order valence-corrected chi connectivity index (χ4v) is 3.47. The van der Waals surface area contributed by atoms with Crippen LogP contribution in [0.4, 0.5) is 4.39 Å². The van der Waals surface area contributed by atoms with Crippen LogP contribution in [0.2, 0.25) is 0 Å². The highest BCUT2D eigenvalue weighted by molar-refractivity contribution is 5.66. The van der Waals surface area contributed by atoms with Crippen molar-refractivity contribution in [2.45, 2.75) is 24.9 Å².